The third-order valence-corrected chi connectivity index (χ3v) is 11.5. The molecular weight excluding hydrogens is 816 g/mol. The van der Waals surface area contributed by atoms with Crippen molar-refractivity contribution in [3.8, 4) is 0 Å². The first-order chi connectivity index (χ1) is 29.0. The van der Waals surface area contributed by atoms with Gasteiger partial charge in [-0.2, -0.15) is 0 Å². The second-order valence-electron chi connectivity index (χ2n) is 15.8. The molecule has 0 radical (unpaired) electrons. The molecule has 0 aromatic carbocycles. The van der Waals surface area contributed by atoms with Crippen molar-refractivity contribution in [3.05, 3.63) is 84.4 Å². The van der Waals surface area contributed by atoms with Crippen LogP contribution in [0.2, 0.25) is 0 Å². The molecule has 2 aromatic heterocycles. The number of hydrogen-bond acceptors (Lipinski definition) is 10. The van der Waals surface area contributed by atoms with Gasteiger partial charge in [0.05, 0.1) is 25.7 Å². The summed E-state index contributed by atoms with van der Waals surface area (Å²) in [5.41, 5.74) is -0.882. The van der Waals surface area contributed by atoms with Crippen LogP contribution in [-0.4, -0.2) is 98.6 Å². The number of carbonyl (C=O) groups is 8. The highest BCUT2D eigenvalue weighted by atomic mass is 16.4. The highest BCUT2D eigenvalue weighted by Gasteiger charge is 2.46. The van der Waals surface area contributed by atoms with Gasteiger partial charge in [-0.25, -0.2) is 0 Å². The van der Waals surface area contributed by atoms with Gasteiger partial charge >= 0.3 is 47.8 Å². The van der Waals surface area contributed by atoms with E-state index in [9.17, 15) is 79.2 Å². The number of carboxylic acids is 8. The molecule has 2 unspecified atom stereocenters. The molecule has 0 saturated heterocycles. The number of rotatable bonds is 20. The Bertz CT molecular complexity index is 2550. The summed E-state index contributed by atoms with van der Waals surface area (Å²) in [5, 5.41) is 86.4. The Morgan fingerprint density at radius 3 is 1.31 bits per heavy atom. The van der Waals surface area contributed by atoms with E-state index < -0.39 is 110 Å². The van der Waals surface area contributed by atoms with Crippen LogP contribution >= 0.6 is 0 Å². The molecule has 0 amide bonds. The maximum atomic E-state index is 12.6. The van der Waals surface area contributed by atoms with Gasteiger partial charge in [0.25, 0.3) is 0 Å². The van der Waals surface area contributed by atoms with Gasteiger partial charge in [-0.15, -0.1) is 0 Å². The Morgan fingerprint density at radius 2 is 0.839 bits per heavy atom. The van der Waals surface area contributed by atoms with Crippen molar-refractivity contribution in [2.75, 3.05) is 0 Å². The predicted octanol–water partition coefficient (Wildman–Crippen LogP) is 1.89. The van der Waals surface area contributed by atoms with Crippen LogP contribution in [0.15, 0.2) is 40.0 Å². The summed E-state index contributed by atoms with van der Waals surface area (Å²) in [6, 6.07) is 0. The second kappa shape index (κ2) is 18.1. The zero-order valence-corrected chi connectivity index (χ0v) is 33.6. The Labute approximate surface area is 351 Å². The summed E-state index contributed by atoms with van der Waals surface area (Å²) in [6.07, 6.45) is 0.568. The zero-order valence-electron chi connectivity index (χ0n) is 33.6. The van der Waals surface area contributed by atoms with Crippen LogP contribution < -0.4 is 21.3 Å². The normalized spacial score (nSPS) is 21.8. The number of aliphatic carboxylic acids is 8. The predicted molar refractivity (Wildman–Crippen MR) is 214 cm³/mol. The van der Waals surface area contributed by atoms with Gasteiger partial charge < -0.3 is 61.5 Å². The van der Waals surface area contributed by atoms with Crippen LogP contribution in [0, 0.1) is 10.8 Å². The smallest absolute Gasteiger partial charge is 0.307 e. The zero-order chi connectivity index (χ0) is 45.8. The van der Waals surface area contributed by atoms with Crippen molar-refractivity contribution in [2.45, 2.75) is 90.9 Å². The number of hydrogen-bond donors (Lipinski definition) is 12. The topological polar surface area (TPSA) is 354 Å². The van der Waals surface area contributed by atoms with Crippen molar-refractivity contribution >= 4 is 66.0 Å². The summed E-state index contributed by atoms with van der Waals surface area (Å²) in [4.78, 5) is 104. The van der Waals surface area contributed by atoms with Gasteiger partial charge in [0, 0.05) is 81.4 Å². The first-order valence-corrected chi connectivity index (χ1v) is 19.4. The summed E-state index contributed by atoms with van der Waals surface area (Å²) in [7, 11) is 0. The number of fused-ring (bicyclic) bond motifs is 8. The summed E-state index contributed by atoms with van der Waals surface area (Å²) >= 11 is 0. The molecule has 5 rings (SSSR count). The molecule has 62 heavy (non-hydrogen) atoms. The Balaban J connectivity index is 2.05. The fourth-order valence-corrected chi connectivity index (χ4v) is 8.62. The molecule has 0 spiro atoms. The van der Waals surface area contributed by atoms with Crippen LogP contribution in [0.3, 0.4) is 0 Å². The lowest BCUT2D eigenvalue weighted by molar-refractivity contribution is -0.139. The lowest BCUT2D eigenvalue weighted by Crippen LogP contribution is -2.26. The maximum absolute atomic E-state index is 12.6. The molecule has 20 heteroatoms. The van der Waals surface area contributed by atoms with E-state index in [1.54, 1.807) is 13.8 Å². The van der Waals surface area contributed by atoms with Gasteiger partial charge in [0.2, 0.25) is 0 Å². The number of H-pyrrole nitrogens is 2. The molecule has 0 saturated carbocycles. The van der Waals surface area contributed by atoms with Gasteiger partial charge in [-0.3, -0.25) is 38.4 Å². The van der Waals surface area contributed by atoms with Crippen LogP contribution in [0.25, 0.3) is 18.2 Å². The van der Waals surface area contributed by atoms with Crippen LogP contribution in [-0.2, 0) is 64.0 Å². The van der Waals surface area contributed by atoms with Crippen LogP contribution in [0.5, 0.6) is 0 Å². The van der Waals surface area contributed by atoms with Crippen molar-refractivity contribution in [3.63, 3.8) is 0 Å². The lowest BCUT2D eigenvalue weighted by Gasteiger charge is -2.28. The Morgan fingerprint density at radius 1 is 0.435 bits per heavy atom. The molecule has 8 bridgehead atoms. The van der Waals surface area contributed by atoms with Crippen molar-refractivity contribution < 1.29 is 79.2 Å². The van der Waals surface area contributed by atoms with E-state index in [2.05, 4.69) is 20.6 Å². The SMILES string of the molecule is CC1(CC(=O)O)C(CCC(=O)O)=C2/C=c3\[nH]/c(c(CCC(=O)O)c3CC(=O)O)=C\c3[nH]c(c(CC(=O)O)c3CCC(=O)O)/C=C3\NC(=C(CCC(=O)O)C3(C)CC(=O)O)/C=C/1N2. The van der Waals surface area contributed by atoms with E-state index in [4.69, 9.17) is 0 Å². The molecule has 0 fully saturated rings. The molecule has 0 aliphatic carbocycles. The second-order valence-corrected chi connectivity index (χ2v) is 15.8. The minimum Gasteiger partial charge on any atom is -0.481 e. The van der Waals surface area contributed by atoms with Crippen LogP contribution in [0.1, 0.15) is 98.9 Å². The summed E-state index contributed by atoms with van der Waals surface area (Å²) in [6.45, 7) is 3.09. The Hall–Kier alpha value is -7.38. The molecule has 3 aliphatic heterocycles. The molecule has 2 atom stereocenters. The average Bonchev–Trinajstić information content (AvgIpc) is 3.77. The molecule has 20 nitrogen and oxygen atoms in total. The minimum atomic E-state index is -1.52. The number of aromatic nitrogens is 2. The van der Waals surface area contributed by atoms with E-state index in [1.165, 1.54) is 24.3 Å². The highest BCUT2D eigenvalue weighted by Crippen LogP contribution is 2.51. The standard InChI is InChI=1S/C42H46N4O16/c1-41(17-39(59)60)23(5-9-35(51)52)29-14-27-21(11-37(55)56)19(3-7-33(47)48)25(43-27)13-26-20(4-8-34(49)50)22(12-38(57)58)28(44-26)15-31-42(2,18-40(61)62)24(6-10-36(53)54)30(46-31)16-32(41)45-29/h13-16,43-46H,3-12,17-18H2,1-2H3,(H,47,48)(H,49,50)(H,51,52)(H,53,54)(H,55,56)(H,57,58)(H,59,60)(H,61,62)/b25-13-,27-14-,31-15-,32-16-. The maximum Gasteiger partial charge on any atom is 0.307 e. The fourth-order valence-electron chi connectivity index (χ4n) is 8.62. The molecule has 3 aliphatic rings. The number of nitrogens with one attached hydrogen (secondary N) is 4. The Kier molecular flexibility index (Phi) is 13.3. The molecule has 5 heterocycles. The molecule has 12 N–H and O–H groups in total. The number of aromatic amines is 2. The third-order valence-electron chi connectivity index (χ3n) is 11.5. The molecule has 330 valence electrons. The van der Waals surface area contributed by atoms with Crippen LogP contribution in [0.4, 0.5) is 0 Å². The minimum absolute atomic E-state index is 0.0996. The summed E-state index contributed by atoms with van der Waals surface area (Å²) in [5.74, 6) is -10.1. The van der Waals surface area contributed by atoms with Gasteiger partial charge in [-0.1, -0.05) is 0 Å². The summed E-state index contributed by atoms with van der Waals surface area (Å²) < 4.78 is 0. The van der Waals surface area contributed by atoms with E-state index in [1.807, 2.05) is 0 Å². The van der Waals surface area contributed by atoms with E-state index in [0.29, 0.717) is 0 Å². The lowest BCUT2D eigenvalue weighted by atomic mass is 9.74. The average molecular weight is 863 g/mol. The fraction of sp³-hybridized carbons (Fsp3) is 0.381. The quantitative estimate of drug-likeness (QED) is 0.0904. The van der Waals surface area contributed by atoms with E-state index in [0.717, 1.165) is 0 Å². The van der Waals surface area contributed by atoms with Gasteiger partial charge in [0.15, 0.2) is 0 Å². The first kappa shape index (κ1) is 45.7. The number of carboxylic acid groups (broad SMARTS) is 8. The monoisotopic (exact) mass is 862 g/mol. The molecule has 2 aromatic rings. The first-order valence-electron chi connectivity index (χ1n) is 19.4. The number of allylic oxidation sites excluding steroid dienone is 4. The van der Waals surface area contributed by atoms with Gasteiger partial charge in [0.1, 0.15) is 0 Å². The highest BCUT2D eigenvalue weighted by molar-refractivity contribution is 5.79. The van der Waals surface area contributed by atoms with Gasteiger partial charge in [-0.05, 0) is 97.2 Å². The van der Waals surface area contributed by atoms with E-state index >= 15 is 0 Å². The van der Waals surface area contributed by atoms with Crippen molar-refractivity contribution in [1.29, 1.82) is 0 Å². The molecular formula is C42H46N4O16. The van der Waals surface area contributed by atoms with Crippen molar-refractivity contribution in [1.82, 2.24) is 20.6 Å². The largest absolute Gasteiger partial charge is 0.481 e. The third kappa shape index (κ3) is 9.96. The van der Waals surface area contributed by atoms with E-state index in [-0.39, 0.29) is 104 Å². The van der Waals surface area contributed by atoms with Crippen molar-refractivity contribution in [2.24, 2.45) is 10.8 Å².